The van der Waals surface area contributed by atoms with Crippen LogP contribution in [0.1, 0.15) is 29.9 Å². The Morgan fingerprint density at radius 2 is 2.33 bits per heavy atom. The van der Waals surface area contributed by atoms with E-state index in [1.807, 2.05) is 18.2 Å². The fourth-order valence-corrected chi connectivity index (χ4v) is 2.55. The van der Waals surface area contributed by atoms with Crippen LogP contribution in [0.5, 0.6) is 0 Å². The summed E-state index contributed by atoms with van der Waals surface area (Å²) in [5.41, 5.74) is 3.25. The van der Waals surface area contributed by atoms with Crippen LogP contribution in [0.3, 0.4) is 0 Å². The van der Waals surface area contributed by atoms with Crippen molar-refractivity contribution in [3.8, 4) is 6.07 Å². The molecule has 0 spiro atoms. The summed E-state index contributed by atoms with van der Waals surface area (Å²) in [6, 6.07) is 8.67. The van der Waals surface area contributed by atoms with E-state index in [0.717, 1.165) is 12.0 Å². The zero-order valence-corrected chi connectivity index (χ0v) is 8.40. The van der Waals surface area contributed by atoms with E-state index in [2.05, 4.69) is 23.5 Å². The van der Waals surface area contributed by atoms with Gasteiger partial charge in [0.2, 0.25) is 0 Å². The molecule has 1 aromatic carbocycles. The van der Waals surface area contributed by atoms with E-state index in [4.69, 9.17) is 5.26 Å². The number of anilines is 1. The number of nitriles is 1. The Bertz CT molecular complexity index is 468. The number of benzene rings is 1. The number of allylic oxidation sites excluding steroid dienone is 1. The van der Waals surface area contributed by atoms with Crippen LogP contribution in [0.15, 0.2) is 30.4 Å². The van der Waals surface area contributed by atoms with Crippen LogP contribution < -0.4 is 5.32 Å². The van der Waals surface area contributed by atoms with Crippen molar-refractivity contribution < 1.29 is 0 Å². The first-order valence-corrected chi connectivity index (χ1v) is 5.36. The lowest BCUT2D eigenvalue weighted by molar-refractivity contribution is 0.607. The van der Waals surface area contributed by atoms with Crippen molar-refractivity contribution in [3.63, 3.8) is 0 Å². The Labute approximate surface area is 89.2 Å². The van der Waals surface area contributed by atoms with Crippen LogP contribution in [-0.4, -0.2) is 6.04 Å². The first-order chi connectivity index (χ1) is 7.38. The molecule has 0 aromatic heterocycles. The van der Waals surface area contributed by atoms with Gasteiger partial charge < -0.3 is 5.32 Å². The van der Waals surface area contributed by atoms with Gasteiger partial charge in [-0.2, -0.15) is 5.26 Å². The summed E-state index contributed by atoms with van der Waals surface area (Å²) < 4.78 is 0. The summed E-state index contributed by atoms with van der Waals surface area (Å²) in [6.45, 7) is 0. The summed E-state index contributed by atoms with van der Waals surface area (Å²) in [4.78, 5) is 0. The molecule has 74 valence electrons. The van der Waals surface area contributed by atoms with Crippen LogP contribution in [0.4, 0.5) is 5.69 Å². The van der Waals surface area contributed by atoms with Gasteiger partial charge in [-0.3, -0.25) is 0 Å². The van der Waals surface area contributed by atoms with Gasteiger partial charge in [-0.15, -0.1) is 0 Å². The average Bonchev–Trinajstić information content (AvgIpc) is 2.66. The molecule has 2 unspecified atom stereocenters. The molecule has 2 heteroatoms. The highest BCUT2D eigenvalue weighted by Crippen LogP contribution is 2.40. The highest BCUT2D eigenvalue weighted by Gasteiger charge is 2.31. The minimum Gasteiger partial charge on any atom is -0.381 e. The van der Waals surface area contributed by atoms with Gasteiger partial charge in [-0.25, -0.2) is 0 Å². The molecule has 1 aromatic rings. The van der Waals surface area contributed by atoms with Gasteiger partial charge in [-0.1, -0.05) is 12.2 Å². The first-order valence-electron chi connectivity index (χ1n) is 5.36. The maximum Gasteiger partial charge on any atom is 0.0991 e. The quantitative estimate of drug-likeness (QED) is 0.648. The number of hydrogen-bond acceptors (Lipinski definition) is 2. The molecule has 0 radical (unpaired) electrons. The first kappa shape index (κ1) is 8.55. The number of fused-ring (bicyclic) bond motifs is 3. The zero-order chi connectivity index (χ0) is 10.3. The predicted octanol–water partition coefficient (Wildman–Crippen LogP) is 2.79. The van der Waals surface area contributed by atoms with Crippen LogP contribution in [-0.2, 0) is 0 Å². The molecule has 1 N–H and O–H groups in total. The van der Waals surface area contributed by atoms with E-state index in [1.165, 1.54) is 17.7 Å². The van der Waals surface area contributed by atoms with Gasteiger partial charge in [0.15, 0.2) is 0 Å². The maximum absolute atomic E-state index is 8.88. The minimum absolute atomic E-state index is 0.474. The Hall–Kier alpha value is -1.75. The van der Waals surface area contributed by atoms with Crippen LogP contribution >= 0.6 is 0 Å². The fraction of sp³-hybridized carbons (Fsp3) is 0.308. The zero-order valence-electron chi connectivity index (χ0n) is 8.40. The van der Waals surface area contributed by atoms with Crippen molar-refractivity contribution in [3.05, 3.63) is 41.5 Å². The topological polar surface area (TPSA) is 35.8 Å². The van der Waals surface area contributed by atoms with Gasteiger partial charge in [0.1, 0.15) is 0 Å². The van der Waals surface area contributed by atoms with Gasteiger partial charge in [0, 0.05) is 17.6 Å². The third kappa shape index (κ3) is 1.24. The second-order valence-corrected chi connectivity index (χ2v) is 4.20. The molecule has 1 aliphatic carbocycles. The summed E-state index contributed by atoms with van der Waals surface area (Å²) in [5.74, 6) is 0.474. The van der Waals surface area contributed by atoms with E-state index in [0.29, 0.717) is 12.0 Å². The molecule has 1 aliphatic heterocycles. The summed E-state index contributed by atoms with van der Waals surface area (Å²) >= 11 is 0. The Balaban J connectivity index is 2.09. The highest BCUT2D eigenvalue weighted by atomic mass is 15.0. The largest absolute Gasteiger partial charge is 0.381 e. The van der Waals surface area contributed by atoms with E-state index in [9.17, 15) is 0 Å². The lowest BCUT2D eigenvalue weighted by atomic mass is 9.87. The third-order valence-corrected chi connectivity index (χ3v) is 3.30. The van der Waals surface area contributed by atoms with Gasteiger partial charge >= 0.3 is 0 Å². The number of rotatable bonds is 0. The lowest BCUT2D eigenvalue weighted by Crippen LogP contribution is -2.21. The molecule has 2 aliphatic rings. The molecule has 0 fully saturated rings. The van der Waals surface area contributed by atoms with Crippen molar-refractivity contribution in [1.82, 2.24) is 0 Å². The Morgan fingerprint density at radius 3 is 3.20 bits per heavy atom. The smallest absolute Gasteiger partial charge is 0.0991 e. The molecular formula is C13H12N2. The summed E-state index contributed by atoms with van der Waals surface area (Å²) in [6.07, 6.45) is 6.87. The molecule has 0 saturated heterocycles. The van der Waals surface area contributed by atoms with E-state index in [-0.39, 0.29) is 0 Å². The van der Waals surface area contributed by atoms with Crippen molar-refractivity contribution in [2.24, 2.45) is 0 Å². The van der Waals surface area contributed by atoms with Gasteiger partial charge in [-0.05, 0) is 36.6 Å². The van der Waals surface area contributed by atoms with Gasteiger partial charge in [0.05, 0.1) is 11.6 Å². The standard InChI is InChI=1S/C13H12N2/c14-8-9-5-6-13-11(7-9)10-3-1-2-4-12(10)15-13/h1,3,5-7,10,12,15H,2,4H2. The van der Waals surface area contributed by atoms with Crippen molar-refractivity contribution in [1.29, 1.82) is 5.26 Å². The second-order valence-electron chi connectivity index (χ2n) is 4.20. The number of nitrogens with one attached hydrogen (secondary N) is 1. The molecule has 0 bridgehead atoms. The van der Waals surface area contributed by atoms with Crippen LogP contribution in [0.25, 0.3) is 0 Å². The molecule has 3 rings (SSSR count). The fourth-order valence-electron chi connectivity index (χ4n) is 2.55. The van der Waals surface area contributed by atoms with Crippen LogP contribution in [0, 0.1) is 11.3 Å². The number of hydrogen-bond donors (Lipinski definition) is 1. The molecular weight excluding hydrogens is 184 g/mol. The predicted molar refractivity (Wildman–Crippen MR) is 59.7 cm³/mol. The molecule has 0 saturated carbocycles. The van der Waals surface area contributed by atoms with Crippen molar-refractivity contribution in [2.75, 3.05) is 5.32 Å². The number of nitrogens with zero attached hydrogens (tertiary/aromatic N) is 1. The molecule has 2 atom stereocenters. The molecule has 1 heterocycles. The SMILES string of the molecule is N#Cc1ccc2c(c1)C1C=CCCC1N2. The van der Waals surface area contributed by atoms with Crippen molar-refractivity contribution in [2.45, 2.75) is 24.8 Å². The second kappa shape index (κ2) is 3.13. The highest BCUT2D eigenvalue weighted by molar-refractivity contribution is 5.63. The maximum atomic E-state index is 8.88. The Kier molecular flexibility index (Phi) is 1.78. The Morgan fingerprint density at radius 1 is 1.40 bits per heavy atom. The molecule has 0 amide bonds. The molecule has 2 nitrogen and oxygen atoms in total. The lowest BCUT2D eigenvalue weighted by Gasteiger charge is -2.20. The van der Waals surface area contributed by atoms with Crippen LogP contribution in [0.2, 0.25) is 0 Å². The molecule has 15 heavy (non-hydrogen) atoms. The van der Waals surface area contributed by atoms with E-state index < -0.39 is 0 Å². The third-order valence-electron chi connectivity index (χ3n) is 3.30. The van der Waals surface area contributed by atoms with Crippen molar-refractivity contribution >= 4 is 5.69 Å². The summed E-state index contributed by atoms with van der Waals surface area (Å²) in [7, 11) is 0. The minimum atomic E-state index is 0.474. The normalized spacial score (nSPS) is 26.3. The monoisotopic (exact) mass is 196 g/mol. The van der Waals surface area contributed by atoms with E-state index in [1.54, 1.807) is 0 Å². The van der Waals surface area contributed by atoms with E-state index >= 15 is 0 Å². The van der Waals surface area contributed by atoms with Gasteiger partial charge in [0.25, 0.3) is 0 Å². The average molecular weight is 196 g/mol. The summed E-state index contributed by atoms with van der Waals surface area (Å²) in [5, 5.41) is 12.4.